The number of nitrogens with one attached hydrogen (secondary N) is 1. The third-order valence-electron chi connectivity index (χ3n) is 3.67. The predicted octanol–water partition coefficient (Wildman–Crippen LogP) is 1.40. The third-order valence-corrected chi connectivity index (χ3v) is 4.84. The van der Waals surface area contributed by atoms with Crippen molar-refractivity contribution in [1.82, 2.24) is 10.3 Å². The molecule has 1 amide bonds. The van der Waals surface area contributed by atoms with Crippen molar-refractivity contribution in [2.75, 3.05) is 13.7 Å². The maximum absolute atomic E-state index is 12.2. The van der Waals surface area contributed by atoms with Crippen LogP contribution in [0.5, 0.6) is 0 Å². The number of nitrogens with two attached hydrogens (primary N) is 1. The van der Waals surface area contributed by atoms with Gasteiger partial charge in [0.25, 0.3) is 5.91 Å². The van der Waals surface area contributed by atoms with Crippen LogP contribution in [0, 0.1) is 0 Å². The van der Waals surface area contributed by atoms with E-state index in [4.69, 9.17) is 5.73 Å². The number of aromatic nitrogens is 1. The molecule has 2 heterocycles. The number of thiophene rings is 1. The number of hydrogen-bond donors (Lipinski definition) is 2. The molecule has 116 valence electrons. The molecule has 6 nitrogen and oxygen atoms in total. The van der Waals surface area contributed by atoms with Gasteiger partial charge in [0.1, 0.15) is 6.04 Å². The highest BCUT2D eigenvalue weighted by Gasteiger charge is 2.27. The number of amides is 1. The van der Waals surface area contributed by atoms with Gasteiger partial charge < -0.3 is 15.8 Å². The highest BCUT2D eigenvalue weighted by atomic mass is 32.1. The number of fused-ring (bicyclic) bond motifs is 1. The summed E-state index contributed by atoms with van der Waals surface area (Å²) in [5, 5.41) is 2.66. The molecule has 22 heavy (non-hydrogen) atoms. The second-order valence-electron chi connectivity index (χ2n) is 5.34. The molecule has 2 aromatic rings. The van der Waals surface area contributed by atoms with Crippen LogP contribution in [0.2, 0.25) is 0 Å². The molecular weight excluding hydrogens is 302 g/mol. The Labute approximate surface area is 131 Å². The van der Waals surface area contributed by atoms with Gasteiger partial charge in [-0.25, -0.2) is 0 Å². The van der Waals surface area contributed by atoms with Crippen molar-refractivity contribution < 1.29 is 14.3 Å². The van der Waals surface area contributed by atoms with E-state index in [2.05, 4.69) is 15.0 Å². The Morgan fingerprint density at radius 3 is 3.00 bits per heavy atom. The normalized spacial score (nSPS) is 15.5. The zero-order chi connectivity index (χ0) is 15.7. The lowest BCUT2D eigenvalue weighted by Crippen LogP contribution is -2.42. The SMILES string of the molecule is COC(=O)[C@H](N)CNC(=O)c1cc2nccc(C3CC3)c2s1. The first-order valence-electron chi connectivity index (χ1n) is 7.10. The van der Waals surface area contributed by atoms with E-state index in [1.165, 1.54) is 36.9 Å². The molecule has 0 unspecified atom stereocenters. The molecule has 7 heteroatoms. The van der Waals surface area contributed by atoms with E-state index in [9.17, 15) is 9.59 Å². The first-order valence-corrected chi connectivity index (χ1v) is 7.92. The molecule has 0 aliphatic heterocycles. The molecule has 0 saturated heterocycles. The minimum Gasteiger partial charge on any atom is -0.468 e. The van der Waals surface area contributed by atoms with Crippen molar-refractivity contribution in [3.63, 3.8) is 0 Å². The standard InChI is InChI=1S/C15H17N3O3S/c1-21-15(20)10(16)7-18-14(19)12-6-11-13(22-12)9(4-5-17-11)8-2-3-8/h4-6,8,10H,2-3,7,16H2,1H3,(H,18,19)/t10-/m1/s1. The van der Waals surface area contributed by atoms with E-state index in [-0.39, 0.29) is 12.5 Å². The van der Waals surface area contributed by atoms with E-state index in [0.717, 1.165) is 10.2 Å². The summed E-state index contributed by atoms with van der Waals surface area (Å²) in [5.41, 5.74) is 7.73. The van der Waals surface area contributed by atoms with E-state index >= 15 is 0 Å². The van der Waals surface area contributed by atoms with Crippen LogP contribution in [0.1, 0.15) is 34.0 Å². The Morgan fingerprint density at radius 2 is 2.32 bits per heavy atom. The average Bonchev–Trinajstić information content (AvgIpc) is 3.28. The Kier molecular flexibility index (Phi) is 4.08. The monoisotopic (exact) mass is 319 g/mol. The number of carbonyl (C=O) groups is 2. The Bertz CT molecular complexity index is 724. The molecule has 1 aliphatic carbocycles. The van der Waals surface area contributed by atoms with Gasteiger partial charge in [0.15, 0.2) is 0 Å². The van der Waals surface area contributed by atoms with Crippen LogP contribution in [0.25, 0.3) is 10.2 Å². The van der Waals surface area contributed by atoms with Crippen molar-refractivity contribution in [1.29, 1.82) is 0 Å². The Morgan fingerprint density at radius 1 is 1.55 bits per heavy atom. The lowest BCUT2D eigenvalue weighted by atomic mass is 10.1. The summed E-state index contributed by atoms with van der Waals surface area (Å²) in [6, 6.07) is 2.96. The van der Waals surface area contributed by atoms with Gasteiger partial charge in [-0.15, -0.1) is 11.3 Å². The zero-order valence-electron chi connectivity index (χ0n) is 12.2. The summed E-state index contributed by atoms with van der Waals surface area (Å²) in [5.74, 6) is -0.189. The summed E-state index contributed by atoms with van der Waals surface area (Å²) in [6.07, 6.45) is 4.19. The van der Waals surface area contributed by atoms with E-state index in [1.807, 2.05) is 6.07 Å². The number of hydrogen-bond acceptors (Lipinski definition) is 6. The van der Waals surface area contributed by atoms with Gasteiger partial charge in [-0.05, 0) is 36.5 Å². The fourth-order valence-electron chi connectivity index (χ4n) is 2.31. The molecule has 3 N–H and O–H groups in total. The molecule has 0 spiro atoms. The second-order valence-corrected chi connectivity index (χ2v) is 6.39. The topological polar surface area (TPSA) is 94.3 Å². The summed E-state index contributed by atoms with van der Waals surface area (Å²) in [6.45, 7) is 0.0443. The Balaban J connectivity index is 1.74. The smallest absolute Gasteiger partial charge is 0.324 e. The number of rotatable bonds is 5. The molecule has 1 fully saturated rings. The van der Waals surface area contributed by atoms with Crippen LogP contribution in [0.3, 0.4) is 0 Å². The molecule has 0 aromatic carbocycles. The minimum atomic E-state index is -0.858. The van der Waals surface area contributed by atoms with Crippen molar-refractivity contribution >= 4 is 33.4 Å². The van der Waals surface area contributed by atoms with Crippen LogP contribution in [-0.4, -0.2) is 36.6 Å². The fourth-order valence-corrected chi connectivity index (χ4v) is 3.43. The third kappa shape index (κ3) is 2.95. The van der Waals surface area contributed by atoms with Crippen molar-refractivity contribution in [2.24, 2.45) is 5.73 Å². The van der Waals surface area contributed by atoms with Gasteiger partial charge in [0.05, 0.1) is 22.2 Å². The molecule has 2 aromatic heterocycles. The summed E-state index contributed by atoms with van der Waals surface area (Å²) in [7, 11) is 1.26. The predicted molar refractivity (Wildman–Crippen MR) is 83.9 cm³/mol. The number of nitrogens with zero attached hydrogens (tertiary/aromatic N) is 1. The van der Waals surface area contributed by atoms with Crippen LogP contribution in [0.4, 0.5) is 0 Å². The maximum atomic E-state index is 12.2. The summed E-state index contributed by atoms with van der Waals surface area (Å²) >= 11 is 1.43. The maximum Gasteiger partial charge on any atom is 0.324 e. The molecule has 0 bridgehead atoms. The second kappa shape index (κ2) is 6.02. The van der Waals surface area contributed by atoms with Crippen molar-refractivity contribution in [3.8, 4) is 0 Å². The fraction of sp³-hybridized carbons (Fsp3) is 0.400. The quantitative estimate of drug-likeness (QED) is 0.813. The molecule has 1 saturated carbocycles. The summed E-state index contributed by atoms with van der Waals surface area (Å²) in [4.78, 5) is 28.3. The van der Waals surface area contributed by atoms with E-state index in [1.54, 1.807) is 12.3 Å². The lowest BCUT2D eigenvalue weighted by Gasteiger charge is -2.09. The van der Waals surface area contributed by atoms with Crippen molar-refractivity contribution in [2.45, 2.75) is 24.8 Å². The number of carbonyl (C=O) groups excluding carboxylic acids is 2. The molecule has 0 radical (unpaired) electrons. The van der Waals surface area contributed by atoms with Crippen LogP contribution >= 0.6 is 11.3 Å². The first-order chi connectivity index (χ1) is 10.6. The largest absolute Gasteiger partial charge is 0.468 e. The first kappa shape index (κ1) is 14.9. The van der Waals surface area contributed by atoms with Crippen LogP contribution in [0.15, 0.2) is 18.3 Å². The minimum absolute atomic E-state index is 0.0443. The zero-order valence-corrected chi connectivity index (χ0v) is 13.0. The molecule has 3 rings (SSSR count). The average molecular weight is 319 g/mol. The van der Waals surface area contributed by atoms with Gasteiger partial charge in [0, 0.05) is 12.7 Å². The highest BCUT2D eigenvalue weighted by molar-refractivity contribution is 7.21. The number of pyridine rings is 1. The summed E-state index contributed by atoms with van der Waals surface area (Å²) < 4.78 is 5.60. The lowest BCUT2D eigenvalue weighted by molar-refractivity contribution is -0.141. The van der Waals surface area contributed by atoms with Gasteiger partial charge in [-0.2, -0.15) is 0 Å². The van der Waals surface area contributed by atoms with Gasteiger partial charge in [-0.3, -0.25) is 14.6 Å². The molecular formula is C15H17N3O3S. The van der Waals surface area contributed by atoms with E-state index < -0.39 is 12.0 Å². The number of ether oxygens (including phenoxy) is 1. The number of esters is 1. The van der Waals surface area contributed by atoms with Crippen LogP contribution in [-0.2, 0) is 9.53 Å². The van der Waals surface area contributed by atoms with Gasteiger partial charge in [0.2, 0.25) is 0 Å². The van der Waals surface area contributed by atoms with Gasteiger partial charge >= 0.3 is 5.97 Å². The number of methoxy groups -OCH3 is 1. The van der Waals surface area contributed by atoms with Crippen molar-refractivity contribution in [3.05, 3.63) is 28.8 Å². The van der Waals surface area contributed by atoms with Crippen LogP contribution < -0.4 is 11.1 Å². The van der Waals surface area contributed by atoms with E-state index in [0.29, 0.717) is 10.8 Å². The Hall–Kier alpha value is -1.99. The van der Waals surface area contributed by atoms with Gasteiger partial charge in [-0.1, -0.05) is 0 Å². The molecule has 1 aliphatic rings. The molecule has 1 atom stereocenters. The highest BCUT2D eigenvalue weighted by Crippen LogP contribution is 2.44.